The molecule has 1 saturated heterocycles. The second kappa shape index (κ2) is 7.83. The first-order valence-electron chi connectivity index (χ1n) is 8.09. The number of carbonyl (C=O) groups is 1. The van der Waals surface area contributed by atoms with E-state index in [1.54, 1.807) is 12.1 Å². The van der Waals surface area contributed by atoms with E-state index in [1.165, 1.54) is 5.56 Å². The number of piperidine rings is 1. The van der Waals surface area contributed by atoms with E-state index < -0.39 is 0 Å². The Labute approximate surface area is 146 Å². The molecule has 0 spiro atoms. The Morgan fingerprint density at radius 2 is 2.08 bits per heavy atom. The van der Waals surface area contributed by atoms with E-state index in [9.17, 15) is 9.90 Å². The Hall–Kier alpha value is -1.82. The molecule has 3 rings (SSSR count). The Morgan fingerprint density at radius 1 is 1.29 bits per heavy atom. The van der Waals surface area contributed by atoms with Crippen molar-refractivity contribution in [3.05, 3.63) is 59.0 Å². The average molecular weight is 349 g/mol. The van der Waals surface area contributed by atoms with E-state index in [1.807, 2.05) is 18.2 Å². The maximum atomic E-state index is 12.3. The van der Waals surface area contributed by atoms with E-state index >= 15 is 0 Å². The van der Waals surface area contributed by atoms with Crippen LogP contribution in [0.25, 0.3) is 0 Å². The highest BCUT2D eigenvalue weighted by atomic mass is 35.5. The number of hydrogen-bond acceptors (Lipinski definition) is 4. The van der Waals surface area contributed by atoms with Crippen molar-refractivity contribution >= 4 is 17.5 Å². The van der Waals surface area contributed by atoms with Crippen molar-refractivity contribution < 1.29 is 14.3 Å². The van der Waals surface area contributed by atoms with E-state index in [4.69, 9.17) is 16.0 Å². The number of rotatable bonds is 5. The fourth-order valence-corrected chi connectivity index (χ4v) is 3.26. The summed E-state index contributed by atoms with van der Waals surface area (Å²) in [6, 6.07) is 13.2. The van der Waals surface area contributed by atoms with Crippen LogP contribution in [-0.2, 0) is 6.54 Å². The normalized spacial score (nSPS) is 21.6. The van der Waals surface area contributed by atoms with Gasteiger partial charge in [-0.25, -0.2) is 0 Å². The summed E-state index contributed by atoms with van der Waals surface area (Å²) in [6.07, 6.45) is 0.840. The zero-order chi connectivity index (χ0) is 16.9. The fraction of sp³-hybridized carbons (Fsp3) is 0.389. The molecule has 1 aromatic heterocycles. The number of nitrogens with zero attached hydrogens (tertiary/aromatic N) is 1. The van der Waals surface area contributed by atoms with Gasteiger partial charge in [0.05, 0.1) is 0 Å². The topological polar surface area (TPSA) is 65.7 Å². The number of likely N-dealkylation sites (tertiary alicyclic amines) is 1. The molecule has 1 aliphatic rings. The van der Waals surface area contributed by atoms with Crippen LogP contribution in [0.1, 0.15) is 22.5 Å². The Bertz CT molecular complexity index is 674. The molecule has 1 amide bonds. The lowest BCUT2D eigenvalue weighted by atomic mass is 9.92. The number of benzene rings is 1. The van der Waals surface area contributed by atoms with Crippen LogP contribution >= 0.6 is 11.6 Å². The first-order chi connectivity index (χ1) is 11.7. The number of hydrogen-bond donors (Lipinski definition) is 2. The molecule has 1 aromatic carbocycles. The van der Waals surface area contributed by atoms with Crippen molar-refractivity contribution in [1.29, 1.82) is 0 Å². The Kier molecular flexibility index (Phi) is 5.56. The summed E-state index contributed by atoms with van der Waals surface area (Å²) >= 11 is 5.72. The third-order valence-corrected chi connectivity index (χ3v) is 4.64. The van der Waals surface area contributed by atoms with Crippen LogP contribution in [0.4, 0.5) is 0 Å². The van der Waals surface area contributed by atoms with Gasteiger partial charge >= 0.3 is 0 Å². The second-order valence-corrected chi connectivity index (χ2v) is 6.51. The quantitative estimate of drug-likeness (QED) is 0.871. The molecule has 1 fully saturated rings. The van der Waals surface area contributed by atoms with Crippen molar-refractivity contribution in [1.82, 2.24) is 10.2 Å². The molecule has 0 unspecified atom stereocenters. The van der Waals surface area contributed by atoms with Crippen molar-refractivity contribution in [2.75, 3.05) is 19.7 Å². The number of nitrogens with one attached hydrogen (secondary N) is 1. The van der Waals surface area contributed by atoms with E-state index in [0.29, 0.717) is 6.54 Å². The predicted molar refractivity (Wildman–Crippen MR) is 91.9 cm³/mol. The summed E-state index contributed by atoms with van der Waals surface area (Å²) in [5, 5.41) is 12.8. The van der Waals surface area contributed by atoms with Crippen LogP contribution in [0, 0.1) is 5.92 Å². The third-order valence-electron chi connectivity index (χ3n) is 4.44. The zero-order valence-corrected chi connectivity index (χ0v) is 14.1. The average Bonchev–Trinajstić information content (AvgIpc) is 3.03. The van der Waals surface area contributed by atoms with Gasteiger partial charge in [0.2, 0.25) is 0 Å². The first-order valence-corrected chi connectivity index (χ1v) is 8.47. The number of furan rings is 1. The zero-order valence-electron chi connectivity index (χ0n) is 13.3. The minimum absolute atomic E-state index is 0.0476. The molecule has 0 saturated carbocycles. The third kappa shape index (κ3) is 4.17. The smallest absolute Gasteiger partial charge is 0.287 e. The highest BCUT2D eigenvalue weighted by Gasteiger charge is 2.30. The van der Waals surface area contributed by atoms with Gasteiger partial charge in [-0.1, -0.05) is 30.3 Å². The first kappa shape index (κ1) is 17.0. The summed E-state index contributed by atoms with van der Waals surface area (Å²) in [6.45, 7) is 2.49. The van der Waals surface area contributed by atoms with Crippen molar-refractivity contribution in [3.8, 4) is 0 Å². The number of amides is 1. The molecule has 24 heavy (non-hydrogen) atoms. The highest BCUT2D eigenvalue weighted by Crippen LogP contribution is 2.20. The molecule has 2 heterocycles. The van der Waals surface area contributed by atoms with Gasteiger partial charge in [0.15, 0.2) is 11.0 Å². The van der Waals surface area contributed by atoms with Gasteiger partial charge in [0.1, 0.15) is 0 Å². The van der Waals surface area contributed by atoms with E-state index in [-0.39, 0.29) is 35.5 Å². The van der Waals surface area contributed by atoms with Gasteiger partial charge < -0.3 is 14.8 Å². The summed E-state index contributed by atoms with van der Waals surface area (Å²) in [7, 11) is 0. The molecule has 0 bridgehead atoms. The lowest BCUT2D eigenvalue weighted by Gasteiger charge is -2.38. The maximum Gasteiger partial charge on any atom is 0.287 e. The largest absolute Gasteiger partial charge is 0.440 e. The molecule has 5 nitrogen and oxygen atoms in total. The second-order valence-electron chi connectivity index (χ2n) is 6.14. The number of carbonyl (C=O) groups excluding carboxylic acids is 1. The molecule has 6 heteroatoms. The number of aliphatic hydroxyl groups is 1. The van der Waals surface area contributed by atoms with Gasteiger partial charge in [-0.2, -0.15) is 0 Å². The predicted octanol–water partition coefficient (Wildman–Crippen LogP) is 2.55. The van der Waals surface area contributed by atoms with Crippen molar-refractivity contribution in [2.45, 2.75) is 19.0 Å². The Balaban J connectivity index is 1.64. The van der Waals surface area contributed by atoms with Crippen LogP contribution < -0.4 is 5.32 Å². The van der Waals surface area contributed by atoms with Gasteiger partial charge in [-0.15, -0.1) is 0 Å². The molecule has 1 aliphatic heterocycles. The SMILES string of the molecule is O=C(N[C@H]1CN(Cc2ccccc2)CC[C@H]1CO)c1ccc(Cl)o1. The molecule has 0 aliphatic carbocycles. The van der Waals surface area contributed by atoms with Crippen LogP contribution in [0.2, 0.25) is 5.22 Å². The number of halogens is 1. The number of aliphatic hydroxyl groups excluding tert-OH is 1. The summed E-state index contributed by atoms with van der Waals surface area (Å²) < 4.78 is 5.16. The summed E-state index contributed by atoms with van der Waals surface area (Å²) in [4.78, 5) is 14.6. The standard InChI is InChI=1S/C18H21ClN2O3/c19-17-7-6-16(24-17)18(23)20-15-11-21(9-8-14(15)12-22)10-13-4-2-1-3-5-13/h1-7,14-15,22H,8-12H2,(H,20,23)/t14-,15-/m0/s1. The molecule has 2 aromatic rings. The molecule has 128 valence electrons. The summed E-state index contributed by atoms with van der Waals surface area (Å²) in [5.74, 6) is -0.0600. The Morgan fingerprint density at radius 3 is 2.75 bits per heavy atom. The molecular weight excluding hydrogens is 328 g/mol. The monoisotopic (exact) mass is 348 g/mol. The minimum Gasteiger partial charge on any atom is -0.440 e. The van der Waals surface area contributed by atoms with Gasteiger partial charge in [0, 0.05) is 31.7 Å². The van der Waals surface area contributed by atoms with Crippen molar-refractivity contribution in [2.24, 2.45) is 5.92 Å². The van der Waals surface area contributed by atoms with Crippen LogP contribution in [0.15, 0.2) is 46.9 Å². The van der Waals surface area contributed by atoms with E-state index in [2.05, 4.69) is 22.3 Å². The van der Waals surface area contributed by atoms with Gasteiger partial charge in [0.25, 0.3) is 5.91 Å². The highest BCUT2D eigenvalue weighted by molar-refractivity contribution is 6.29. The van der Waals surface area contributed by atoms with Gasteiger partial charge in [-0.05, 0) is 42.3 Å². The molecule has 0 radical (unpaired) electrons. The summed E-state index contributed by atoms with van der Waals surface area (Å²) in [5.41, 5.74) is 1.24. The molecule has 2 N–H and O–H groups in total. The lowest BCUT2D eigenvalue weighted by Crippen LogP contribution is -2.53. The molecule has 2 atom stereocenters. The van der Waals surface area contributed by atoms with Crippen LogP contribution in [-0.4, -0.2) is 41.7 Å². The van der Waals surface area contributed by atoms with Crippen LogP contribution in [0.5, 0.6) is 0 Å². The van der Waals surface area contributed by atoms with Crippen molar-refractivity contribution in [3.63, 3.8) is 0 Å². The van der Waals surface area contributed by atoms with Crippen LogP contribution in [0.3, 0.4) is 0 Å². The lowest BCUT2D eigenvalue weighted by molar-refractivity contribution is 0.0711. The fourth-order valence-electron chi connectivity index (χ4n) is 3.11. The van der Waals surface area contributed by atoms with Gasteiger partial charge in [-0.3, -0.25) is 9.69 Å². The van der Waals surface area contributed by atoms with E-state index in [0.717, 1.165) is 19.5 Å². The minimum atomic E-state index is -0.299. The maximum absolute atomic E-state index is 12.3. The molecular formula is C18H21ClN2O3.